The maximum Gasteiger partial charge on any atom is 0.340 e. The fraction of sp³-hybridized carbons (Fsp3) is 0.525. The standard InChI is InChI=1S/C59H71N3O6/c1-4-35(26-36-10-6-5-7-11-36)29-49-59-23-21-45(51(54(59)57(66)67-49)48-31-43(64)17-18-44(48)39-14-8-12-38(27-39)34-60-2)46-19-20-47-52(53(46)59)56(65)68-55(47)40-15-16-41-28-37(13-9-25-63)32-58(41,33-40)42-22-24-62-50(30-42)61-3/h5-8,10-12,14,17-18,27,29,31,35,37,41-42,45-46,50,53,60-64H,4,9,13,15-16,19-26,28,30,32-34H2,1-3H3/b49-29-,55-40?/t35-,37+,41-,42+,45+,46-,50-,53+,58+,59+/m0/s1. The summed E-state index contributed by atoms with van der Waals surface area (Å²) in [5.41, 5.74) is 9.45. The van der Waals surface area contributed by atoms with Crippen LogP contribution in [0.15, 0.2) is 113 Å². The number of hydrogen-bond donors (Lipinski definition) is 5. The van der Waals surface area contributed by atoms with E-state index in [4.69, 9.17) is 9.47 Å². The Bertz CT molecular complexity index is 2590. The Morgan fingerprint density at radius 3 is 2.53 bits per heavy atom. The number of rotatable bonds is 13. The fourth-order valence-corrected chi connectivity index (χ4v) is 15.8. The van der Waals surface area contributed by atoms with Crippen LogP contribution in [0.3, 0.4) is 0 Å². The Labute approximate surface area is 402 Å². The molecule has 5 fully saturated rings. The van der Waals surface area contributed by atoms with Gasteiger partial charge in [-0.15, -0.1) is 0 Å². The molecule has 3 aliphatic heterocycles. The van der Waals surface area contributed by atoms with Gasteiger partial charge >= 0.3 is 11.9 Å². The molecule has 3 saturated carbocycles. The number of hydrogen-bond acceptors (Lipinski definition) is 9. The van der Waals surface area contributed by atoms with Gasteiger partial charge in [0.1, 0.15) is 17.3 Å². The average molecular weight is 918 g/mol. The molecule has 9 nitrogen and oxygen atoms in total. The number of phenolic OH excluding ortho intramolecular Hbond substituents is 1. The fourth-order valence-electron chi connectivity index (χ4n) is 15.8. The molecule has 358 valence electrons. The molecule has 6 aliphatic carbocycles. The number of esters is 2. The summed E-state index contributed by atoms with van der Waals surface area (Å²) < 4.78 is 13.5. The molecule has 0 amide bonds. The molecular weight excluding hydrogens is 847 g/mol. The lowest BCUT2D eigenvalue weighted by Gasteiger charge is -2.56. The van der Waals surface area contributed by atoms with Crippen molar-refractivity contribution >= 4 is 17.5 Å². The number of allylic oxidation sites excluding steroid dienone is 5. The minimum atomic E-state index is -0.853. The number of aliphatic hydroxyl groups is 1. The summed E-state index contributed by atoms with van der Waals surface area (Å²) in [6, 6.07) is 24.7. The Morgan fingerprint density at radius 1 is 0.882 bits per heavy atom. The zero-order chi connectivity index (χ0) is 46.7. The molecule has 1 spiro atoms. The normalized spacial score (nSPS) is 33.9. The van der Waals surface area contributed by atoms with E-state index in [0.29, 0.717) is 41.7 Å². The van der Waals surface area contributed by atoms with Crippen molar-refractivity contribution in [3.63, 3.8) is 0 Å². The van der Waals surface area contributed by atoms with Gasteiger partial charge in [0.2, 0.25) is 0 Å². The Hall–Kier alpha value is -4.80. The van der Waals surface area contributed by atoms with E-state index < -0.39 is 5.41 Å². The Balaban J connectivity index is 1.06. The molecule has 2 bridgehead atoms. The Kier molecular flexibility index (Phi) is 12.4. The van der Waals surface area contributed by atoms with Crippen molar-refractivity contribution in [2.24, 2.45) is 52.3 Å². The number of carbonyl (C=O) groups excluding carboxylic acids is 2. The van der Waals surface area contributed by atoms with Crippen LogP contribution in [0.4, 0.5) is 0 Å². The van der Waals surface area contributed by atoms with Crippen molar-refractivity contribution in [1.29, 1.82) is 0 Å². The molecule has 5 N–H and O–H groups in total. The predicted octanol–water partition coefficient (Wildman–Crippen LogP) is 10.3. The zero-order valence-corrected chi connectivity index (χ0v) is 40.4. The predicted molar refractivity (Wildman–Crippen MR) is 265 cm³/mol. The highest BCUT2D eigenvalue weighted by Gasteiger charge is 2.69. The van der Waals surface area contributed by atoms with Gasteiger partial charge in [0.05, 0.1) is 17.2 Å². The van der Waals surface area contributed by atoms with E-state index in [0.717, 1.165) is 135 Å². The van der Waals surface area contributed by atoms with E-state index in [1.165, 1.54) is 24.0 Å². The number of piperidine rings is 1. The van der Waals surface area contributed by atoms with E-state index in [2.05, 4.69) is 84.5 Å². The number of aromatic hydroxyl groups is 1. The van der Waals surface area contributed by atoms with Crippen molar-refractivity contribution in [2.75, 3.05) is 27.2 Å². The van der Waals surface area contributed by atoms with Crippen LogP contribution >= 0.6 is 0 Å². The van der Waals surface area contributed by atoms with Crippen LogP contribution in [0.5, 0.6) is 5.75 Å². The third kappa shape index (κ3) is 7.57. The maximum absolute atomic E-state index is 15.1. The second-order valence-corrected chi connectivity index (χ2v) is 21.9. The van der Waals surface area contributed by atoms with E-state index in [9.17, 15) is 10.2 Å². The number of ether oxygens (including phenoxy) is 2. The van der Waals surface area contributed by atoms with E-state index >= 15 is 9.59 Å². The lowest BCUT2D eigenvalue weighted by molar-refractivity contribution is -0.135. The third-order valence-corrected chi connectivity index (χ3v) is 18.6. The van der Waals surface area contributed by atoms with Crippen LogP contribution in [0, 0.1) is 52.3 Å². The van der Waals surface area contributed by atoms with Crippen LogP contribution in [0.2, 0.25) is 0 Å². The molecule has 9 aliphatic rings. The number of aliphatic hydroxyl groups excluding tert-OH is 1. The highest BCUT2D eigenvalue weighted by molar-refractivity contribution is 6.07. The van der Waals surface area contributed by atoms with Crippen molar-refractivity contribution in [3.05, 3.63) is 129 Å². The summed E-state index contributed by atoms with van der Waals surface area (Å²) in [4.78, 5) is 30.2. The smallest absolute Gasteiger partial charge is 0.340 e. The summed E-state index contributed by atoms with van der Waals surface area (Å²) in [6.45, 7) is 4.18. The minimum absolute atomic E-state index is 0.0113. The summed E-state index contributed by atoms with van der Waals surface area (Å²) in [5.74, 6) is 2.88. The van der Waals surface area contributed by atoms with Gasteiger partial charge in [-0.3, -0.25) is 0 Å². The van der Waals surface area contributed by atoms with Gasteiger partial charge in [-0.25, -0.2) is 9.59 Å². The van der Waals surface area contributed by atoms with Gasteiger partial charge in [0, 0.05) is 30.2 Å². The maximum atomic E-state index is 15.1. The summed E-state index contributed by atoms with van der Waals surface area (Å²) in [6.07, 6.45) is 17.0. The van der Waals surface area contributed by atoms with Crippen LogP contribution in [0.25, 0.3) is 16.7 Å². The molecule has 0 radical (unpaired) electrons. The van der Waals surface area contributed by atoms with Gasteiger partial charge in [0.25, 0.3) is 0 Å². The van der Waals surface area contributed by atoms with Crippen LogP contribution in [-0.2, 0) is 32.0 Å². The van der Waals surface area contributed by atoms with Crippen LogP contribution in [-0.4, -0.2) is 55.6 Å². The zero-order valence-electron chi connectivity index (χ0n) is 40.4. The SMILES string of the molecule is CC[C@H](/C=C1\OC(=O)C2=C(c3cc(O)ccc3-c3cccc(CNC)c3)[C@@H]3CC[C@@]21[C@H]1C2=C(CC[C@@H]31)C(=C1CC[C@H]3C[C@@H](CCCO)C[C@@]3([C@@H]3CCN[C@H](NC)C3)C1)OC2=O)Cc1ccccc1. The Morgan fingerprint density at radius 2 is 1.72 bits per heavy atom. The van der Waals surface area contributed by atoms with Crippen LogP contribution in [0.1, 0.15) is 114 Å². The highest BCUT2D eigenvalue weighted by Crippen LogP contribution is 2.73. The first kappa shape index (κ1) is 45.6. The first-order valence-corrected chi connectivity index (χ1v) is 26.2. The van der Waals surface area contributed by atoms with Gasteiger partial charge in [-0.05, 0) is 221 Å². The quantitative estimate of drug-likeness (QED) is 0.106. The highest BCUT2D eigenvalue weighted by atomic mass is 16.6. The van der Waals surface area contributed by atoms with Crippen molar-refractivity contribution in [2.45, 2.75) is 116 Å². The van der Waals surface area contributed by atoms with Gasteiger partial charge < -0.3 is 35.6 Å². The third-order valence-electron chi connectivity index (χ3n) is 18.6. The number of fused-ring (bicyclic) bond motifs is 2. The average Bonchev–Trinajstić information content (AvgIpc) is 4.02. The van der Waals surface area contributed by atoms with Crippen molar-refractivity contribution in [3.8, 4) is 16.9 Å². The molecule has 3 heterocycles. The van der Waals surface area contributed by atoms with Crippen molar-refractivity contribution in [1.82, 2.24) is 16.0 Å². The minimum Gasteiger partial charge on any atom is -0.508 e. The van der Waals surface area contributed by atoms with Gasteiger partial charge in [-0.1, -0.05) is 61.5 Å². The number of carbonyl (C=O) groups is 2. The van der Waals surface area contributed by atoms with E-state index in [1.807, 2.05) is 25.2 Å². The first-order chi connectivity index (χ1) is 33.2. The molecular formula is C59H71N3O6. The second-order valence-electron chi connectivity index (χ2n) is 21.9. The number of benzene rings is 3. The van der Waals surface area contributed by atoms with E-state index in [-0.39, 0.29) is 53.4 Å². The van der Waals surface area contributed by atoms with Gasteiger partial charge in [-0.2, -0.15) is 0 Å². The lowest BCUT2D eigenvalue weighted by atomic mass is 9.44. The monoisotopic (exact) mass is 918 g/mol. The number of phenols is 1. The molecule has 3 aromatic carbocycles. The van der Waals surface area contributed by atoms with Crippen molar-refractivity contribution < 1.29 is 29.3 Å². The molecule has 0 aromatic heterocycles. The topological polar surface area (TPSA) is 129 Å². The summed E-state index contributed by atoms with van der Waals surface area (Å²) in [7, 11) is 4.01. The summed E-state index contributed by atoms with van der Waals surface area (Å²) in [5, 5.41) is 31.7. The van der Waals surface area contributed by atoms with Gasteiger partial charge in [0.15, 0.2) is 0 Å². The molecule has 3 aromatic rings. The molecule has 9 heteroatoms. The van der Waals surface area contributed by atoms with E-state index in [1.54, 1.807) is 6.07 Å². The number of nitrogens with one attached hydrogen (secondary N) is 3. The van der Waals surface area contributed by atoms with Crippen LogP contribution < -0.4 is 16.0 Å². The second kappa shape index (κ2) is 18.5. The molecule has 0 unspecified atom stereocenters. The lowest BCUT2D eigenvalue weighted by Crippen LogP contribution is -2.52. The molecule has 2 saturated heterocycles. The molecule has 10 atom stereocenters. The largest absolute Gasteiger partial charge is 0.508 e. The number of cyclic esters (lactones) is 2. The molecule has 68 heavy (non-hydrogen) atoms. The molecule has 12 rings (SSSR count). The summed E-state index contributed by atoms with van der Waals surface area (Å²) >= 11 is 0. The first-order valence-electron chi connectivity index (χ1n) is 26.2.